The summed E-state index contributed by atoms with van der Waals surface area (Å²) in [6, 6.07) is 3.69. The van der Waals surface area contributed by atoms with Gasteiger partial charge >= 0.3 is 12.1 Å². The summed E-state index contributed by atoms with van der Waals surface area (Å²) in [5.74, 6) is -1.29. The second-order valence-corrected chi connectivity index (χ2v) is 10.9. The molecule has 2 aliphatic rings. The third-order valence-corrected chi connectivity index (χ3v) is 8.35. The molecule has 1 saturated carbocycles. The van der Waals surface area contributed by atoms with Gasteiger partial charge in [-0.15, -0.1) is 0 Å². The van der Waals surface area contributed by atoms with Crippen LogP contribution >= 0.6 is 0 Å². The lowest BCUT2D eigenvalue weighted by Gasteiger charge is -2.29. The number of benzene rings is 1. The van der Waals surface area contributed by atoms with Crippen LogP contribution in [0.3, 0.4) is 0 Å². The number of rotatable bonds is 9. The number of carbonyl (C=O) groups is 2. The maximum Gasteiger partial charge on any atom is 0.411 e. The molecule has 11 nitrogen and oxygen atoms in total. The van der Waals surface area contributed by atoms with Gasteiger partial charge in [0, 0.05) is 37.8 Å². The standard InChI is InChI=1S/C24H28N2O9S/c1-4-34-24(30)25-18-11-16-20(12-19(18)35-9-5-8-33-3)36(31,32)13(2)15-10-17(23(28)29)22(27)26(21(15)16)14-6-7-14/h10-14H,4-9H2,1-3H3,(H,25,30)(H,28,29). The first kappa shape index (κ1) is 25.7. The van der Waals surface area contributed by atoms with Crippen molar-refractivity contribution in [3.05, 3.63) is 39.7 Å². The third-order valence-electron chi connectivity index (χ3n) is 6.22. The van der Waals surface area contributed by atoms with E-state index in [1.165, 1.54) is 23.6 Å². The summed E-state index contributed by atoms with van der Waals surface area (Å²) in [6.07, 6.45) is 1.10. The highest BCUT2D eigenvalue weighted by Gasteiger charge is 2.41. The van der Waals surface area contributed by atoms with Gasteiger partial charge in [0.15, 0.2) is 9.84 Å². The van der Waals surface area contributed by atoms with Crippen molar-refractivity contribution in [2.75, 3.05) is 32.2 Å². The molecule has 1 aliphatic carbocycles. The lowest BCUT2D eigenvalue weighted by atomic mass is 9.99. The molecule has 1 unspecified atom stereocenters. The van der Waals surface area contributed by atoms with Crippen LogP contribution in [0.2, 0.25) is 0 Å². The summed E-state index contributed by atoms with van der Waals surface area (Å²) < 4.78 is 44.3. The molecule has 12 heteroatoms. The van der Waals surface area contributed by atoms with Crippen LogP contribution in [-0.4, -0.2) is 57.1 Å². The van der Waals surface area contributed by atoms with Gasteiger partial charge in [0.05, 0.1) is 34.7 Å². The molecule has 2 heterocycles. The normalized spacial score (nSPS) is 17.6. The minimum absolute atomic E-state index is 0.0597. The molecule has 1 aliphatic heterocycles. The second kappa shape index (κ2) is 9.94. The molecule has 194 valence electrons. The smallest absolute Gasteiger partial charge is 0.411 e. The molecule has 1 amide bonds. The van der Waals surface area contributed by atoms with Crippen LogP contribution in [0.15, 0.2) is 27.9 Å². The summed E-state index contributed by atoms with van der Waals surface area (Å²) in [6.45, 7) is 3.86. The van der Waals surface area contributed by atoms with Crippen LogP contribution in [-0.2, 0) is 19.3 Å². The number of sulfone groups is 1. The zero-order valence-electron chi connectivity index (χ0n) is 20.2. The van der Waals surface area contributed by atoms with Crippen molar-refractivity contribution in [3.8, 4) is 17.0 Å². The molecular weight excluding hydrogens is 492 g/mol. The Morgan fingerprint density at radius 1 is 1.19 bits per heavy atom. The Morgan fingerprint density at radius 3 is 2.53 bits per heavy atom. The van der Waals surface area contributed by atoms with Gasteiger partial charge in [-0.25, -0.2) is 18.0 Å². The molecule has 0 saturated heterocycles. The first-order chi connectivity index (χ1) is 17.1. The Labute approximate surface area is 207 Å². The molecule has 1 aromatic heterocycles. The number of ether oxygens (including phenoxy) is 3. The number of nitrogens with zero attached hydrogens (tertiary/aromatic N) is 1. The van der Waals surface area contributed by atoms with Crippen LogP contribution < -0.4 is 15.6 Å². The quantitative estimate of drug-likeness (QED) is 0.474. The minimum atomic E-state index is -3.98. The SMILES string of the molecule is CCOC(=O)Nc1cc2c(cc1OCCCOC)S(=O)(=O)C(C)c1cc(C(=O)O)c(=O)n(C3CC3)c1-2. The third kappa shape index (κ3) is 4.58. The predicted molar refractivity (Wildman–Crippen MR) is 130 cm³/mol. The molecule has 1 fully saturated rings. The Hall–Kier alpha value is -3.38. The van der Waals surface area contributed by atoms with E-state index < -0.39 is 38.3 Å². The fourth-order valence-corrected chi connectivity index (χ4v) is 5.93. The average molecular weight is 521 g/mol. The summed E-state index contributed by atoms with van der Waals surface area (Å²) >= 11 is 0. The highest BCUT2D eigenvalue weighted by molar-refractivity contribution is 7.92. The number of hydrogen-bond acceptors (Lipinski definition) is 8. The fourth-order valence-electron chi connectivity index (χ4n) is 4.30. The van der Waals surface area contributed by atoms with Gasteiger partial charge in [0.25, 0.3) is 5.56 Å². The van der Waals surface area contributed by atoms with Crippen molar-refractivity contribution < 1.29 is 37.3 Å². The van der Waals surface area contributed by atoms with E-state index in [0.717, 1.165) is 6.07 Å². The summed E-state index contributed by atoms with van der Waals surface area (Å²) in [5, 5.41) is 11.1. The van der Waals surface area contributed by atoms with Crippen LogP contribution in [0.25, 0.3) is 11.3 Å². The monoisotopic (exact) mass is 520 g/mol. The first-order valence-electron chi connectivity index (χ1n) is 11.6. The van der Waals surface area contributed by atoms with Crippen molar-refractivity contribution in [2.24, 2.45) is 0 Å². The Kier molecular flexibility index (Phi) is 7.10. The largest absolute Gasteiger partial charge is 0.491 e. The van der Waals surface area contributed by atoms with E-state index in [4.69, 9.17) is 14.2 Å². The zero-order chi connectivity index (χ0) is 26.2. The van der Waals surface area contributed by atoms with Crippen LogP contribution in [0, 0.1) is 0 Å². The number of carboxylic acids is 1. The second-order valence-electron chi connectivity index (χ2n) is 8.65. The van der Waals surface area contributed by atoms with E-state index >= 15 is 0 Å². The Balaban J connectivity index is 1.97. The van der Waals surface area contributed by atoms with Crippen LogP contribution in [0.1, 0.15) is 60.3 Å². The number of pyridine rings is 1. The van der Waals surface area contributed by atoms with Gasteiger partial charge in [0.2, 0.25) is 0 Å². The molecule has 36 heavy (non-hydrogen) atoms. The molecular formula is C24H28N2O9S. The van der Waals surface area contributed by atoms with E-state index in [9.17, 15) is 27.9 Å². The number of hydrogen-bond donors (Lipinski definition) is 2. The van der Waals surface area contributed by atoms with Crippen molar-refractivity contribution in [1.82, 2.24) is 4.57 Å². The number of aromatic nitrogens is 1. The molecule has 4 rings (SSSR count). The number of amides is 1. The highest BCUT2D eigenvalue weighted by atomic mass is 32.2. The van der Waals surface area contributed by atoms with E-state index in [2.05, 4.69) is 5.32 Å². The van der Waals surface area contributed by atoms with Gasteiger partial charge < -0.3 is 23.9 Å². The number of carbonyl (C=O) groups excluding carboxylic acids is 1. The number of nitrogens with one attached hydrogen (secondary N) is 1. The Bertz CT molecular complexity index is 1380. The molecule has 0 radical (unpaired) electrons. The van der Waals surface area contributed by atoms with Gasteiger partial charge in [-0.1, -0.05) is 0 Å². The number of methoxy groups -OCH3 is 1. The molecule has 2 N–H and O–H groups in total. The molecule has 1 aromatic carbocycles. The van der Waals surface area contributed by atoms with E-state index in [-0.39, 0.29) is 46.7 Å². The van der Waals surface area contributed by atoms with Crippen LogP contribution in [0.4, 0.5) is 10.5 Å². The van der Waals surface area contributed by atoms with Crippen molar-refractivity contribution in [2.45, 2.75) is 49.3 Å². The molecule has 0 spiro atoms. The maximum atomic E-state index is 13.6. The Morgan fingerprint density at radius 2 is 1.92 bits per heavy atom. The molecule has 2 aromatic rings. The number of anilines is 1. The van der Waals surface area contributed by atoms with Gasteiger partial charge in [-0.2, -0.15) is 0 Å². The van der Waals surface area contributed by atoms with Crippen molar-refractivity contribution >= 4 is 27.6 Å². The number of carboxylic acid groups (broad SMARTS) is 1. The lowest BCUT2D eigenvalue weighted by Crippen LogP contribution is -2.32. The fraction of sp³-hybridized carbons (Fsp3) is 0.458. The first-order valence-corrected chi connectivity index (χ1v) is 13.2. The van der Waals surface area contributed by atoms with Crippen molar-refractivity contribution in [1.29, 1.82) is 0 Å². The highest BCUT2D eigenvalue weighted by Crippen LogP contribution is 2.50. The van der Waals surface area contributed by atoms with E-state index in [0.29, 0.717) is 31.6 Å². The minimum Gasteiger partial charge on any atom is -0.491 e. The summed E-state index contributed by atoms with van der Waals surface area (Å²) in [4.78, 5) is 37.1. The maximum absolute atomic E-state index is 13.6. The molecule has 0 bridgehead atoms. The van der Waals surface area contributed by atoms with Crippen LogP contribution in [0.5, 0.6) is 5.75 Å². The van der Waals surface area contributed by atoms with Gasteiger partial charge in [0.1, 0.15) is 11.3 Å². The molecule has 1 atom stereocenters. The number of aromatic carboxylic acids is 1. The van der Waals surface area contributed by atoms with Crippen molar-refractivity contribution in [3.63, 3.8) is 0 Å². The summed E-state index contributed by atoms with van der Waals surface area (Å²) in [7, 11) is -2.43. The average Bonchev–Trinajstić information content (AvgIpc) is 3.65. The summed E-state index contributed by atoms with van der Waals surface area (Å²) in [5.41, 5.74) is -0.252. The van der Waals surface area contributed by atoms with E-state index in [1.54, 1.807) is 14.0 Å². The predicted octanol–water partition coefficient (Wildman–Crippen LogP) is 3.38. The van der Waals surface area contributed by atoms with Gasteiger partial charge in [-0.05, 0) is 44.4 Å². The lowest BCUT2D eigenvalue weighted by molar-refractivity contribution is 0.0694. The van der Waals surface area contributed by atoms with Gasteiger partial charge in [-0.3, -0.25) is 10.1 Å². The topological polar surface area (TPSA) is 150 Å². The van der Waals surface area contributed by atoms with E-state index in [1.807, 2.05) is 0 Å². The zero-order valence-corrected chi connectivity index (χ0v) is 21.0. The number of fused-ring (bicyclic) bond motifs is 3.